The van der Waals surface area contributed by atoms with Gasteiger partial charge in [-0.2, -0.15) is 10.2 Å². The highest BCUT2D eigenvalue weighted by Gasteiger charge is 2.06. The van der Waals surface area contributed by atoms with Crippen LogP contribution in [0.4, 0.5) is 5.69 Å². The second-order valence-corrected chi connectivity index (χ2v) is 3.94. The zero-order valence-electron chi connectivity index (χ0n) is 9.61. The summed E-state index contributed by atoms with van der Waals surface area (Å²) in [5.74, 6) is 1.43. The van der Waals surface area contributed by atoms with Crippen molar-refractivity contribution in [2.45, 2.75) is 6.54 Å². The van der Waals surface area contributed by atoms with E-state index in [0.29, 0.717) is 18.1 Å². The van der Waals surface area contributed by atoms with E-state index in [1.165, 1.54) is 0 Å². The number of nitrogens with one attached hydrogen (secondary N) is 1. The van der Waals surface area contributed by atoms with Gasteiger partial charge in [-0.1, -0.05) is 30.3 Å². The van der Waals surface area contributed by atoms with Crippen LogP contribution >= 0.6 is 0 Å². The number of nitrogens with zero attached hydrogens (tertiary/aromatic N) is 4. The zero-order chi connectivity index (χ0) is 12.4. The summed E-state index contributed by atoms with van der Waals surface area (Å²) in [5.41, 5.74) is 7.22. The number of nitrogens with two attached hydrogens (primary N) is 1. The molecule has 0 fully saturated rings. The van der Waals surface area contributed by atoms with E-state index in [1.807, 2.05) is 30.3 Å². The molecule has 0 unspecified atom stereocenters. The lowest BCUT2D eigenvalue weighted by molar-refractivity contribution is 0.658. The van der Waals surface area contributed by atoms with Gasteiger partial charge in [0.25, 0.3) is 0 Å². The maximum atomic E-state index is 5.60. The Morgan fingerprint density at radius 2 is 2.06 bits per heavy atom. The summed E-state index contributed by atoms with van der Waals surface area (Å²) in [6.07, 6.45) is 3.36. The van der Waals surface area contributed by atoms with Gasteiger partial charge in [0.2, 0.25) is 0 Å². The number of hydrogen-bond acceptors (Lipinski definition) is 4. The van der Waals surface area contributed by atoms with E-state index in [9.17, 15) is 0 Å². The molecule has 3 N–H and O–H groups in total. The maximum Gasteiger partial charge on any atom is 0.181 e. The number of aromatic amines is 1. The van der Waals surface area contributed by atoms with E-state index in [4.69, 9.17) is 5.73 Å². The molecule has 1 aromatic carbocycles. The fourth-order valence-corrected chi connectivity index (χ4v) is 1.70. The van der Waals surface area contributed by atoms with Crippen LogP contribution in [0.3, 0.4) is 0 Å². The van der Waals surface area contributed by atoms with Gasteiger partial charge >= 0.3 is 0 Å². The molecule has 6 nitrogen and oxygen atoms in total. The Labute approximate surface area is 103 Å². The number of aromatic nitrogens is 5. The van der Waals surface area contributed by atoms with Crippen molar-refractivity contribution in [2.75, 3.05) is 5.73 Å². The molecule has 0 aliphatic carbocycles. The third-order valence-electron chi connectivity index (χ3n) is 2.53. The summed E-state index contributed by atoms with van der Waals surface area (Å²) < 4.78 is 1.71. The van der Waals surface area contributed by atoms with Gasteiger partial charge in [0.15, 0.2) is 5.82 Å². The Kier molecular flexibility index (Phi) is 2.53. The first-order valence-electron chi connectivity index (χ1n) is 5.56. The highest BCUT2D eigenvalue weighted by molar-refractivity contribution is 5.53. The minimum absolute atomic E-state index is 0.525. The molecule has 3 aromatic rings. The van der Waals surface area contributed by atoms with Crippen LogP contribution < -0.4 is 5.73 Å². The third-order valence-corrected chi connectivity index (χ3v) is 2.53. The number of benzene rings is 1. The van der Waals surface area contributed by atoms with Crippen molar-refractivity contribution in [3.63, 3.8) is 0 Å². The van der Waals surface area contributed by atoms with E-state index in [2.05, 4.69) is 20.3 Å². The summed E-state index contributed by atoms with van der Waals surface area (Å²) in [6, 6.07) is 9.82. The number of nitrogen functional groups attached to an aromatic ring is 1. The predicted molar refractivity (Wildman–Crippen MR) is 67.6 cm³/mol. The highest BCUT2D eigenvalue weighted by atomic mass is 15.3. The second-order valence-electron chi connectivity index (χ2n) is 3.94. The number of anilines is 1. The van der Waals surface area contributed by atoms with Crippen molar-refractivity contribution in [3.05, 3.63) is 48.5 Å². The SMILES string of the molecule is Nc1cnn(Cc2nc(-c3ccccc3)n[nH]2)c1. The molecule has 18 heavy (non-hydrogen) atoms. The van der Waals surface area contributed by atoms with Crippen LogP contribution in [0.25, 0.3) is 11.4 Å². The molecule has 90 valence electrons. The van der Waals surface area contributed by atoms with Gasteiger partial charge < -0.3 is 5.73 Å². The molecule has 0 saturated carbocycles. The first kappa shape index (κ1) is 10.5. The van der Waals surface area contributed by atoms with Crippen LogP contribution in [-0.2, 0) is 6.54 Å². The molecule has 0 aliphatic heterocycles. The average molecular weight is 240 g/mol. The number of rotatable bonds is 3. The first-order valence-corrected chi connectivity index (χ1v) is 5.56. The zero-order valence-corrected chi connectivity index (χ0v) is 9.61. The monoisotopic (exact) mass is 240 g/mol. The molecule has 3 rings (SSSR count). The predicted octanol–water partition coefficient (Wildman–Crippen LogP) is 1.30. The fraction of sp³-hybridized carbons (Fsp3) is 0.0833. The normalized spacial score (nSPS) is 10.7. The molecule has 0 amide bonds. The largest absolute Gasteiger partial charge is 0.396 e. The van der Waals surface area contributed by atoms with Gasteiger partial charge in [0.05, 0.1) is 11.9 Å². The summed E-state index contributed by atoms with van der Waals surface area (Å²) in [4.78, 5) is 4.42. The minimum atomic E-state index is 0.525. The summed E-state index contributed by atoms with van der Waals surface area (Å²) >= 11 is 0. The molecule has 6 heteroatoms. The van der Waals surface area contributed by atoms with Crippen molar-refractivity contribution in [1.82, 2.24) is 25.0 Å². The van der Waals surface area contributed by atoms with E-state index < -0.39 is 0 Å². The average Bonchev–Trinajstić information content (AvgIpc) is 3.01. The first-order chi connectivity index (χ1) is 8.81. The number of H-pyrrole nitrogens is 1. The van der Waals surface area contributed by atoms with Gasteiger partial charge in [-0.05, 0) is 0 Å². The minimum Gasteiger partial charge on any atom is -0.396 e. The Balaban J connectivity index is 1.82. The molecule has 0 bridgehead atoms. The number of hydrogen-bond donors (Lipinski definition) is 2. The molecule has 0 saturated heterocycles. The van der Waals surface area contributed by atoms with Crippen LogP contribution in [0, 0.1) is 0 Å². The van der Waals surface area contributed by atoms with Crippen molar-refractivity contribution in [1.29, 1.82) is 0 Å². The van der Waals surface area contributed by atoms with Gasteiger partial charge in [-0.3, -0.25) is 9.78 Å². The lowest BCUT2D eigenvalue weighted by Gasteiger charge is -1.95. The van der Waals surface area contributed by atoms with Crippen molar-refractivity contribution in [2.24, 2.45) is 0 Å². The molecule has 0 atom stereocenters. The van der Waals surface area contributed by atoms with Crippen molar-refractivity contribution in [3.8, 4) is 11.4 Å². The Hall–Kier alpha value is -2.63. The van der Waals surface area contributed by atoms with Gasteiger partial charge in [0, 0.05) is 11.8 Å². The molecule has 2 heterocycles. The fourth-order valence-electron chi connectivity index (χ4n) is 1.70. The topological polar surface area (TPSA) is 85.4 Å². The van der Waals surface area contributed by atoms with E-state index in [0.717, 1.165) is 11.4 Å². The molecular formula is C12H12N6. The molecule has 0 radical (unpaired) electrons. The van der Waals surface area contributed by atoms with Crippen molar-refractivity contribution < 1.29 is 0 Å². The Morgan fingerprint density at radius 1 is 1.22 bits per heavy atom. The van der Waals surface area contributed by atoms with E-state index in [-0.39, 0.29) is 0 Å². The van der Waals surface area contributed by atoms with Crippen LogP contribution in [0.15, 0.2) is 42.7 Å². The summed E-state index contributed by atoms with van der Waals surface area (Å²) in [7, 11) is 0. The van der Waals surface area contributed by atoms with Crippen LogP contribution in [0.5, 0.6) is 0 Å². The van der Waals surface area contributed by atoms with Crippen LogP contribution in [-0.4, -0.2) is 25.0 Å². The van der Waals surface area contributed by atoms with E-state index >= 15 is 0 Å². The lowest BCUT2D eigenvalue weighted by Crippen LogP contribution is -2.01. The van der Waals surface area contributed by atoms with Crippen LogP contribution in [0.2, 0.25) is 0 Å². The van der Waals surface area contributed by atoms with Crippen molar-refractivity contribution >= 4 is 5.69 Å². The molecule has 0 aliphatic rings. The summed E-state index contributed by atoms with van der Waals surface area (Å²) in [6.45, 7) is 0.525. The van der Waals surface area contributed by atoms with Crippen LogP contribution in [0.1, 0.15) is 5.82 Å². The highest BCUT2D eigenvalue weighted by Crippen LogP contribution is 2.13. The molecule has 2 aromatic heterocycles. The lowest BCUT2D eigenvalue weighted by atomic mass is 10.2. The molecule has 0 spiro atoms. The van der Waals surface area contributed by atoms with Gasteiger partial charge in [-0.15, -0.1) is 0 Å². The molecular weight excluding hydrogens is 228 g/mol. The summed E-state index contributed by atoms with van der Waals surface area (Å²) in [5, 5.41) is 11.2. The van der Waals surface area contributed by atoms with Gasteiger partial charge in [0.1, 0.15) is 12.4 Å². The quantitative estimate of drug-likeness (QED) is 0.722. The van der Waals surface area contributed by atoms with E-state index in [1.54, 1.807) is 17.1 Å². The van der Waals surface area contributed by atoms with Gasteiger partial charge in [-0.25, -0.2) is 4.98 Å². The smallest absolute Gasteiger partial charge is 0.181 e. The third kappa shape index (κ3) is 2.08. The second kappa shape index (κ2) is 4.33. The Bertz CT molecular complexity index is 639. The maximum absolute atomic E-state index is 5.60. The Morgan fingerprint density at radius 3 is 2.78 bits per heavy atom. The standard InChI is InChI=1S/C12H12N6/c13-10-6-14-18(7-10)8-11-15-12(17-16-11)9-4-2-1-3-5-9/h1-7H,8,13H2,(H,15,16,17).